The van der Waals surface area contributed by atoms with Crippen LogP contribution in [0.2, 0.25) is 0 Å². The Morgan fingerprint density at radius 2 is 1.85 bits per heavy atom. The molecular weight excluding hydrogens is 260 g/mol. The predicted octanol–water partition coefficient (Wildman–Crippen LogP) is 1.60. The molecule has 0 spiro atoms. The fourth-order valence-corrected chi connectivity index (χ4v) is 2.44. The molecule has 2 rings (SSSR count). The van der Waals surface area contributed by atoms with Crippen LogP contribution in [0.4, 0.5) is 10.5 Å². The third kappa shape index (κ3) is 2.68. The van der Waals surface area contributed by atoms with E-state index in [1.165, 1.54) is 17.0 Å². The lowest BCUT2D eigenvalue weighted by molar-refractivity contribution is -0.142. The van der Waals surface area contributed by atoms with Crippen molar-refractivity contribution in [2.24, 2.45) is 11.8 Å². The highest BCUT2D eigenvalue weighted by molar-refractivity contribution is 5.92. The van der Waals surface area contributed by atoms with Crippen molar-refractivity contribution in [1.29, 1.82) is 0 Å². The highest BCUT2D eigenvalue weighted by Crippen LogP contribution is 2.25. The number of aliphatic carboxylic acids is 1. The monoisotopic (exact) mass is 278 g/mol. The maximum atomic E-state index is 12.3. The fraction of sp³-hybridized carbons (Fsp3) is 0.429. The normalized spacial score (nSPS) is 21.8. The van der Waals surface area contributed by atoms with Crippen LogP contribution in [-0.2, 0) is 4.79 Å². The summed E-state index contributed by atoms with van der Waals surface area (Å²) in [5.74, 6) is -1.28. The largest absolute Gasteiger partial charge is 0.508 e. The van der Waals surface area contributed by atoms with E-state index in [-0.39, 0.29) is 24.2 Å². The molecule has 1 aliphatic rings. The van der Waals surface area contributed by atoms with Crippen LogP contribution in [0.1, 0.15) is 6.92 Å². The van der Waals surface area contributed by atoms with Gasteiger partial charge in [0.25, 0.3) is 0 Å². The van der Waals surface area contributed by atoms with Crippen molar-refractivity contribution in [1.82, 2.24) is 4.90 Å². The summed E-state index contributed by atoms with van der Waals surface area (Å²) >= 11 is 0. The molecule has 1 aromatic rings. The number of carbonyl (C=O) groups excluding carboxylic acids is 1. The van der Waals surface area contributed by atoms with E-state index in [1.807, 2.05) is 6.92 Å². The molecule has 0 saturated carbocycles. The van der Waals surface area contributed by atoms with E-state index in [4.69, 9.17) is 5.11 Å². The van der Waals surface area contributed by atoms with Crippen LogP contribution in [0, 0.1) is 11.8 Å². The molecule has 108 valence electrons. The van der Waals surface area contributed by atoms with E-state index >= 15 is 0 Å². The third-order valence-corrected chi connectivity index (χ3v) is 3.72. The van der Waals surface area contributed by atoms with Gasteiger partial charge in [-0.3, -0.25) is 9.69 Å². The van der Waals surface area contributed by atoms with E-state index in [1.54, 1.807) is 24.1 Å². The summed E-state index contributed by atoms with van der Waals surface area (Å²) in [6.45, 7) is 2.52. The van der Waals surface area contributed by atoms with Crippen LogP contribution in [-0.4, -0.2) is 47.3 Å². The summed E-state index contributed by atoms with van der Waals surface area (Å²) in [6.07, 6.45) is 0. The standard InChI is InChI=1S/C14H18N2O4/c1-9-7-16(8-12(9)13(18)19)14(20)15(2)10-3-5-11(17)6-4-10/h3-6,9,12,17H,7-8H2,1-2H3,(H,18,19). The van der Waals surface area contributed by atoms with Crippen molar-refractivity contribution in [3.8, 4) is 5.75 Å². The minimum absolute atomic E-state index is 0.0512. The van der Waals surface area contributed by atoms with Crippen LogP contribution in [0.3, 0.4) is 0 Å². The number of aromatic hydroxyl groups is 1. The Labute approximate surface area is 117 Å². The first-order valence-electron chi connectivity index (χ1n) is 6.44. The van der Waals surface area contributed by atoms with E-state index in [2.05, 4.69) is 0 Å². The van der Waals surface area contributed by atoms with Crippen LogP contribution in [0.25, 0.3) is 0 Å². The van der Waals surface area contributed by atoms with Crippen molar-refractivity contribution in [2.45, 2.75) is 6.92 Å². The van der Waals surface area contributed by atoms with Crippen molar-refractivity contribution in [3.63, 3.8) is 0 Å². The molecule has 0 aliphatic carbocycles. The zero-order valence-corrected chi connectivity index (χ0v) is 11.5. The van der Waals surface area contributed by atoms with Crippen molar-refractivity contribution in [3.05, 3.63) is 24.3 Å². The van der Waals surface area contributed by atoms with Gasteiger partial charge in [0, 0.05) is 25.8 Å². The van der Waals surface area contributed by atoms with Crippen molar-refractivity contribution in [2.75, 3.05) is 25.0 Å². The molecule has 0 aromatic heterocycles. The fourth-order valence-electron chi connectivity index (χ4n) is 2.44. The quantitative estimate of drug-likeness (QED) is 0.861. The summed E-state index contributed by atoms with van der Waals surface area (Å²) in [5.41, 5.74) is 0.652. The SMILES string of the molecule is CC1CN(C(=O)N(C)c2ccc(O)cc2)CC1C(=O)O. The van der Waals surface area contributed by atoms with Gasteiger partial charge in [-0.2, -0.15) is 0 Å². The molecule has 1 aromatic carbocycles. The van der Waals surface area contributed by atoms with Gasteiger partial charge in [-0.15, -0.1) is 0 Å². The predicted molar refractivity (Wildman–Crippen MR) is 73.8 cm³/mol. The summed E-state index contributed by atoms with van der Waals surface area (Å²) in [4.78, 5) is 26.4. The van der Waals surface area contributed by atoms with Gasteiger partial charge in [0.15, 0.2) is 0 Å². The van der Waals surface area contributed by atoms with Crippen molar-refractivity contribution < 1.29 is 19.8 Å². The van der Waals surface area contributed by atoms with Crippen LogP contribution in [0.15, 0.2) is 24.3 Å². The molecular formula is C14H18N2O4. The summed E-state index contributed by atoms with van der Waals surface area (Å²) in [7, 11) is 1.63. The molecule has 1 fully saturated rings. The number of likely N-dealkylation sites (tertiary alicyclic amines) is 1. The Hall–Kier alpha value is -2.24. The second-order valence-electron chi connectivity index (χ2n) is 5.18. The lowest BCUT2D eigenvalue weighted by Crippen LogP contribution is -2.40. The Kier molecular flexibility index (Phi) is 3.83. The molecule has 0 radical (unpaired) electrons. The zero-order valence-electron chi connectivity index (χ0n) is 11.5. The molecule has 0 bridgehead atoms. The van der Waals surface area contributed by atoms with Crippen LogP contribution < -0.4 is 4.90 Å². The molecule has 2 atom stereocenters. The van der Waals surface area contributed by atoms with Gasteiger partial charge in [-0.1, -0.05) is 6.92 Å². The highest BCUT2D eigenvalue weighted by Gasteiger charge is 2.38. The topological polar surface area (TPSA) is 81.1 Å². The smallest absolute Gasteiger partial charge is 0.324 e. The first kappa shape index (κ1) is 14.2. The number of rotatable bonds is 2. The molecule has 20 heavy (non-hydrogen) atoms. The van der Waals surface area contributed by atoms with Gasteiger partial charge in [0.05, 0.1) is 5.92 Å². The number of phenols is 1. The van der Waals surface area contributed by atoms with Crippen LogP contribution in [0.5, 0.6) is 5.75 Å². The van der Waals surface area contributed by atoms with E-state index in [0.29, 0.717) is 12.2 Å². The minimum Gasteiger partial charge on any atom is -0.508 e. The van der Waals surface area contributed by atoms with Gasteiger partial charge in [-0.25, -0.2) is 4.79 Å². The Bertz CT molecular complexity index is 514. The minimum atomic E-state index is -0.861. The highest BCUT2D eigenvalue weighted by atomic mass is 16.4. The Balaban J connectivity index is 2.08. The summed E-state index contributed by atoms with van der Waals surface area (Å²) in [6, 6.07) is 6.06. The number of phenolic OH excluding ortho intramolecular Hbond substituents is 1. The van der Waals surface area contributed by atoms with Gasteiger partial charge in [0.1, 0.15) is 5.75 Å². The van der Waals surface area contributed by atoms with Gasteiger partial charge in [0.2, 0.25) is 0 Å². The number of nitrogens with zero attached hydrogens (tertiary/aromatic N) is 2. The average molecular weight is 278 g/mol. The summed E-state index contributed by atoms with van der Waals surface area (Å²) in [5, 5.41) is 18.3. The van der Waals surface area contributed by atoms with Gasteiger partial charge >= 0.3 is 12.0 Å². The lowest BCUT2D eigenvalue weighted by Gasteiger charge is -2.24. The molecule has 2 amide bonds. The first-order chi connectivity index (χ1) is 9.40. The molecule has 1 saturated heterocycles. The number of amides is 2. The van der Waals surface area contributed by atoms with E-state index in [0.717, 1.165) is 0 Å². The number of benzene rings is 1. The number of carbonyl (C=O) groups is 2. The number of carboxylic acid groups (broad SMARTS) is 1. The Morgan fingerprint density at radius 1 is 1.25 bits per heavy atom. The maximum absolute atomic E-state index is 12.3. The van der Waals surface area contributed by atoms with E-state index in [9.17, 15) is 14.7 Å². The molecule has 2 N–H and O–H groups in total. The van der Waals surface area contributed by atoms with Gasteiger partial charge < -0.3 is 15.1 Å². The molecule has 1 aliphatic heterocycles. The maximum Gasteiger partial charge on any atom is 0.324 e. The number of urea groups is 1. The molecule has 6 nitrogen and oxygen atoms in total. The molecule has 6 heteroatoms. The number of hydrogen-bond donors (Lipinski definition) is 2. The lowest BCUT2D eigenvalue weighted by atomic mass is 9.99. The van der Waals surface area contributed by atoms with Crippen molar-refractivity contribution >= 4 is 17.7 Å². The zero-order chi connectivity index (χ0) is 14.9. The third-order valence-electron chi connectivity index (χ3n) is 3.72. The molecule has 2 unspecified atom stereocenters. The average Bonchev–Trinajstić information content (AvgIpc) is 2.80. The Morgan fingerprint density at radius 3 is 2.35 bits per heavy atom. The number of carboxylic acids is 1. The van der Waals surface area contributed by atoms with Crippen LogP contribution >= 0.6 is 0 Å². The second-order valence-corrected chi connectivity index (χ2v) is 5.18. The first-order valence-corrected chi connectivity index (χ1v) is 6.44. The second kappa shape index (κ2) is 5.40. The number of hydrogen-bond acceptors (Lipinski definition) is 3. The number of anilines is 1. The van der Waals surface area contributed by atoms with Gasteiger partial charge in [-0.05, 0) is 30.2 Å². The summed E-state index contributed by atoms with van der Waals surface area (Å²) < 4.78 is 0. The molecule has 1 heterocycles. The van der Waals surface area contributed by atoms with E-state index < -0.39 is 11.9 Å².